The topological polar surface area (TPSA) is 79.3 Å². The molecule has 1 aromatic rings. The van der Waals surface area contributed by atoms with Gasteiger partial charge in [-0.1, -0.05) is 19.3 Å². The van der Waals surface area contributed by atoms with Gasteiger partial charge in [0.05, 0.1) is 5.56 Å². The second-order valence-electron chi connectivity index (χ2n) is 5.53. The lowest BCUT2D eigenvalue weighted by molar-refractivity contribution is -0.685. The maximum Gasteiger partial charge on any atom is 0.288 e. The van der Waals surface area contributed by atoms with E-state index in [2.05, 4.69) is 5.43 Å². The number of hydrogen-bond acceptors (Lipinski definition) is 3. The third-order valence-electron chi connectivity index (χ3n) is 4.12. The minimum absolute atomic E-state index is 0.0999. The van der Waals surface area contributed by atoms with Crippen LogP contribution in [0, 0.1) is 0 Å². The largest absolute Gasteiger partial charge is 0.337 e. The fourth-order valence-electron chi connectivity index (χ4n) is 2.74. The smallest absolute Gasteiger partial charge is 0.288 e. The van der Waals surface area contributed by atoms with E-state index in [1.165, 1.54) is 19.3 Å². The van der Waals surface area contributed by atoms with E-state index in [1.807, 2.05) is 11.9 Å². The number of nitrogen functional groups attached to an aromatic ring is 1. The van der Waals surface area contributed by atoms with E-state index in [1.54, 1.807) is 29.1 Å². The molecular weight excluding hydrogens is 268 g/mol. The quantitative estimate of drug-likeness (QED) is 0.364. The molecule has 1 aromatic heterocycles. The Morgan fingerprint density at radius 1 is 1.29 bits per heavy atom. The average molecular weight is 291 g/mol. The lowest BCUT2D eigenvalue weighted by Crippen LogP contribution is -2.47. The summed E-state index contributed by atoms with van der Waals surface area (Å²) in [7, 11) is 1.88. The van der Waals surface area contributed by atoms with Crippen LogP contribution in [0.15, 0.2) is 24.5 Å². The second-order valence-corrected chi connectivity index (χ2v) is 5.53. The van der Waals surface area contributed by atoms with Crippen LogP contribution in [0.1, 0.15) is 42.5 Å². The molecule has 0 unspecified atom stereocenters. The predicted molar refractivity (Wildman–Crippen MR) is 77.9 cm³/mol. The number of hydrogen-bond donors (Lipinski definition) is 2. The molecule has 2 amide bonds. The molecule has 0 aliphatic heterocycles. The van der Waals surface area contributed by atoms with Crippen LogP contribution < -0.4 is 15.8 Å². The normalized spacial score (nSPS) is 15.5. The van der Waals surface area contributed by atoms with Gasteiger partial charge in [-0.25, -0.2) is 5.84 Å². The number of rotatable bonds is 4. The molecule has 1 aliphatic rings. The summed E-state index contributed by atoms with van der Waals surface area (Å²) < 4.78 is 1.77. The Kier molecular flexibility index (Phi) is 5.27. The zero-order valence-corrected chi connectivity index (χ0v) is 12.4. The zero-order valence-electron chi connectivity index (χ0n) is 12.4. The number of amides is 2. The van der Waals surface area contributed by atoms with Gasteiger partial charge in [0.25, 0.3) is 11.8 Å². The fourth-order valence-corrected chi connectivity index (χ4v) is 2.74. The van der Waals surface area contributed by atoms with Gasteiger partial charge >= 0.3 is 0 Å². The van der Waals surface area contributed by atoms with Crippen molar-refractivity contribution in [2.45, 2.75) is 44.7 Å². The highest BCUT2D eigenvalue weighted by Crippen LogP contribution is 2.21. The van der Waals surface area contributed by atoms with E-state index < -0.39 is 0 Å². The van der Waals surface area contributed by atoms with Crippen molar-refractivity contribution >= 4 is 11.8 Å². The fraction of sp³-hybridized carbons (Fsp3) is 0.533. The van der Waals surface area contributed by atoms with Gasteiger partial charge < -0.3 is 4.90 Å². The summed E-state index contributed by atoms with van der Waals surface area (Å²) in [6.07, 6.45) is 9.33. The highest BCUT2D eigenvalue weighted by atomic mass is 16.2. The SMILES string of the molecule is CN(C(=O)C[n+]1ccc(C(=O)NN)cc1)C1CCCCC1. The van der Waals surface area contributed by atoms with Gasteiger partial charge in [0.1, 0.15) is 0 Å². The first-order valence-corrected chi connectivity index (χ1v) is 7.37. The molecular formula is C15H23N4O2+. The first kappa shape index (κ1) is 15.4. The van der Waals surface area contributed by atoms with E-state index in [4.69, 9.17) is 5.84 Å². The number of nitrogens with zero attached hydrogens (tertiary/aromatic N) is 2. The van der Waals surface area contributed by atoms with E-state index in [0.717, 1.165) is 12.8 Å². The van der Waals surface area contributed by atoms with Crippen LogP contribution in [-0.2, 0) is 11.3 Å². The van der Waals surface area contributed by atoms with Gasteiger partial charge in [0.2, 0.25) is 6.54 Å². The third-order valence-corrected chi connectivity index (χ3v) is 4.12. The molecule has 0 saturated heterocycles. The van der Waals surface area contributed by atoms with Gasteiger partial charge in [-0.2, -0.15) is 4.57 Å². The summed E-state index contributed by atoms with van der Waals surface area (Å²) in [4.78, 5) is 25.5. The van der Waals surface area contributed by atoms with Crippen molar-refractivity contribution in [3.8, 4) is 0 Å². The summed E-state index contributed by atoms with van der Waals surface area (Å²) in [5.74, 6) is 4.84. The molecule has 1 heterocycles. The van der Waals surface area contributed by atoms with Crippen LogP contribution in [0.5, 0.6) is 0 Å². The van der Waals surface area contributed by atoms with Crippen LogP contribution in [0.3, 0.4) is 0 Å². The predicted octanol–water partition coefficient (Wildman–Crippen LogP) is 0.369. The number of pyridine rings is 1. The Morgan fingerprint density at radius 2 is 1.90 bits per heavy atom. The number of likely N-dealkylation sites (N-methyl/N-ethyl adjacent to an activating group) is 1. The van der Waals surface area contributed by atoms with E-state index in [9.17, 15) is 9.59 Å². The van der Waals surface area contributed by atoms with Crippen molar-refractivity contribution in [3.05, 3.63) is 30.1 Å². The first-order valence-electron chi connectivity index (χ1n) is 7.37. The van der Waals surface area contributed by atoms with Gasteiger partial charge in [0.15, 0.2) is 12.4 Å². The van der Waals surface area contributed by atoms with Gasteiger partial charge in [-0.15, -0.1) is 0 Å². The summed E-state index contributed by atoms with van der Waals surface area (Å²) in [5.41, 5.74) is 2.55. The Morgan fingerprint density at radius 3 is 2.48 bits per heavy atom. The first-order chi connectivity index (χ1) is 10.1. The Hall–Kier alpha value is -1.95. The molecule has 0 atom stereocenters. The molecule has 6 heteroatoms. The van der Waals surface area contributed by atoms with Gasteiger partial charge in [-0.05, 0) is 12.8 Å². The molecule has 3 N–H and O–H groups in total. The second kappa shape index (κ2) is 7.17. The maximum absolute atomic E-state index is 12.3. The van der Waals surface area contributed by atoms with Gasteiger partial charge in [0, 0.05) is 25.2 Å². The Bertz CT molecular complexity index is 495. The lowest BCUT2D eigenvalue weighted by Gasteiger charge is -2.30. The lowest BCUT2D eigenvalue weighted by atomic mass is 9.94. The Balaban J connectivity index is 1.94. The minimum atomic E-state index is -0.340. The van der Waals surface area contributed by atoms with Crippen molar-refractivity contribution in [1.82, 2.24) is 10.3 Å². The van der Waals surface area contributed by atoms with Crippen LogP contribution >= 0.6 is 0 Å². The van der Waals surface area contributed by atoms with Crippen LogP contribution in [0.25, 0.3) is 0 Å². The summed E-state index contributed by atoms with van der Waals surface area (Å²) in [6.45, 7) is 0.289. The number of carbonyl (C=O) groups is 2. The van der Waals surface area contributed by atoms with Crippen molar-refractivity contribution in [2.24, 2.45) is 5.84 Å². The van der Waals surface area contributed by atoms with Crippen LogP contribution in [0.4, 0.5) is 0 Å². The number of nitrogens with one attached hydrogen (secondary N) is 1. The molecule has 0 spiro atoms. The maximum atomic E-state index is 12.3. The molecule has 2 rings (SSSR count). The molecule has 1 aliphatic carbocycles. The standard InChI is InChI=1S/C15H22N4O2/c1-18(13-5-3-2-4-6-13)14(20)11-19-9-7-12(8-10-19)15(21)17-16/h7-10,13,16,21H,2-6,11H2,1H3/p+1. The van der Waals surface area contributed by atoms with Crippen LogP contribution in [0.2, 0.25) is 0 Å². The Labute approximate surface area is 124 Å². The van der Waals surface area contributed by atoms with Gasteiger partial charge in [-0.3, -0.25) is 15.0 Å². The molecule has 0 bridgehead atoms. The molecule has 0 radical (unpaired) electrons. The van der Waals surface area contributed by atoms with E-state index in [0.29, 0.717) is 11.6 Å². The highest BCUT2D eigenvalue weighted by Gasteiger charge is 2.24. The number of nitrogens with two attached hydrogens (primary N) is 1. The molecule has 1 fully saturated rings. The van der Waals surface area contributed by atoms with Crippen molar-refractivity contribution in [3.63, 3.8) is 0 Å². The van der Waals surface area contributed by atoms with Crippen LogP contribution in [-0.4, -0.2) is 29.8 Å². The summed E-state index contributed by atoms with van der Waals surface area (Å²) >= 11 is 0. The molecule has 6 nitrogen and oxygen atoms in total. The molecule has 0 aromatic carbocycles. The van der Waals surface area contributed by atoms with E-state index in [-0.39, 0.29) is 18.4 Å². The number of hydrazine groups is 1. The van der Waals surface area contributed by atoms with Crippen molar-refractivity contribution in [2.75, 3.05) is 7.05 Å². The molecule has 1 saturated carbocycles. The average Bonchev–Trinajstić information content (AvgIpc) is 2.55. The highest BCUT2D eigenvalue weighted by molar-refractivity contribution is 5.93. The number of carbonyl (C=O) groups excluding carboxylic acids is 2. The molecule has 114 valence electrons. The minimum Gasteiger partial charge on any atom is -0.337 e. The van der Waals surface area contributed by atoms with Crippen molar-refractivity contribution < 1.29 is 14.2 Å². The van der Waals surface area contributed by atoms with E-state index >= 15 is 0 Å². The monoisotopic (exact) mass is 291 g/mol. The summed E-state index contributed by atoms with van der Waals surface area (Å²) in [5, 5.41) is 0. The van der Waals surface area contributed by atoms with Crippen molar-refractivity contribution in [1.29, 1.82) is 0 Å². The summed E-state index contributed by atoms with van der Waals surface area (Å²) in [6, 6.07) is 3.67. The number of aromatic nitrogens is 1. The zero-order chi connectivity index (χ0) is 15.2. The third kappa shape index (κ3) is 4.01. The molecule has 21 heavy (non-hydrogen) atoms.